The number of rotatable bonds is 3. The van der Waals surface area contributed by atoms with Crippen LogP contribution in [0, 0.1) is 12.7 Å². The molecular weight excluding hydrogens is 181 g/mol. The molecule has 2 nitrogen and oxygen atoms in total. The topological polar surface area (TPSA) is 35.2 Å². The Bertz CT molecular complexity index is 347. The quantitative estimate of drug-likeness (QED) is 0.594. The van der Waals surface area contributed by atoms with E-state index in [1.165, 1.54) is 6.07 Å². The van der Waals surface area contributed by atoms with Crippen LogP contribution in [-0.2, 0) is 0 Å². The number of halogens is 1. The van der Waals surface area contributed by atoms with E-state index in [4.69, 9.17) is 10.5 Å². The van der Waals surface area contributed by atoms with Gasteiger partial charge in [0.15, 0.2) is 11.6 Å². The van der Waals surface area contributed by atoms with E-state index in [1.807, 2.05) is 26.0 Å². The highest BCUT2D eigenvalue weighted by atomic mass is 19.1. The molecule has 0 aliphatic rings. The Morgan fingerprint density at radius 1 is 1.50 bits per heavy atom. The molecule has 0 heterocycles. The van der Waals surface area contributed by atoms with Crippen molar-refractivity contribution < 1.29 is 9.13 Å². The molecule has 1 aromatic carbocycles. The fraction of sp³-hybridized carbons (Fsp3) is 0.273. The fourth-order valence-corrected chi connectivity index (χ4v) is 1.02. The molecule has 0 aromatic heterocycles. The van der Waals surface area contributed by atoms with E-state index in [0.29, 0.717) is 12.3 Å². The summed E-state index contributed by atoms with van der Waals surface area (Å²) in [6.07, 6.45) is 3.66. The minimum Gasteiger partial charge on any atom is -0.486 e. The zero-order valence-corrected chi connectivity index (χ0v) is 8.38. The van der Waals surface area contributed by atoms with E-state index >= 15 is 0 Å². The third-order valence-corrected chi connectivity index (χ3v) is 1.89. The first-order valence-corrected chi connectivity index (χ1v) is 4.44. The largest absolute Gasteiger partial charge is 0.486 e. The molecule has 1 rings (SSSR count). The monoisotopic (exact) mass is 195 g/mol. The van der Waals surface area contributed by atoms with Crippen LogP contribution in [0.1, 0.15) is 12.5 Å². The highest BCUT2D eigenvalue weighted by molar-refractivity contribution is 5.50. The normalized spacial score (nSPS) is 10.8. The number of ether oxygens (including phenoxy) is 1. The van der Waals surface area contributed by atoms with Gasteiger partial charge in [0, 0.05) is 11.8 Å². The third-order valence-electron chi connectivity index (χ3n) is 1.89. The standard InChI is InChI=1S/C11H14FNO/c1-3-4-5-14-11-6-8(2)10(13)7-9(11)12/h3-4,6-7H,5,13H2,1-2H3/b4-3+. The van der Waals surface area contributed by atoms with Crippen LogP contribution in [0.4, 0.5) is 10.1 Å². The highest BCUT2D eigenvalue weighted by Crippen LogP contribution is 2.23. The number of hydrogen-bond donors (Lipinski definition) is 1. The molecule has 1 aromatic rings. The average Bonchev–Trinajstić information content (AvgIpc) is 2.14. The van der Waals surface area contributed by atoms with Crippen molar-refractivity contribution in [2.75, 3.05) is 12.3 Å². The van der Waals surface area contributed by atoms with Crippen molar-refractivity contribution in [2.24, 2.45) is 0 Å². The van der Waals surface area contributed by atoms with Gasteiger partial charge >= 0.3 is 0 Å². The molecule has 14 heavy (non-hydrogen) atoms. The molecule has 3 heteroatoms. The Hall–Kier alpha value is -1.51. The van der Waals surface area contributed by atoms with Gasteiger partial charge in [0.1, 0.15) is 6.61 Å². The van der Waals surface area contributed by atoms with Crippen LogP contribution in [0.3, 0.4) is 0 Å². The number of allylic oxidation sites excluding steroid dienone is 1. The first kappa shape index (κ1) is 10.6. The van der Waals surface area contributed by atoms with E-state index in [1.54, 1.807) is 6.07 Å². The Balaban J connectivity index is 2.81. The lowest BCUT2D eigenvalue weighted by molar-refractivity contribution is 0.341. The molecule has 2 N–H and O–H groups in total. The predicted molar refractivity (Wildman–Crippen MR) is 55.9 cm³/mol. The van der Waals surface area contributed by atoms with Gasteiger partial charge in [0.2, 0.25) is 0 Å². The molecule has 0 unspecified atom stereocenters. The number of anilines is 1. The number of aryl methyl sites for hydroxylation is 1. The van der Waals surface area contributed by atoms with Gasteiger partial charge in [-0.1, -0.05) is 12.2 Å². The summed E-state index contributed by atoms with van der Waals surface area (Å²) in [6, 6.07) is 2.88. The molecule has 0 amide bonds. The van der Waals surface area contributed by atoms with Gasteiger partial charge < -0.3 is 10.5 Å². The fourth-order valence-electron chi connectivity index (χ4n) is 1.02. The van der Waals surface area contributed by atoms with E-state index in [0.717, 1.165) is 5.56 Å². The SMILES string of the molecule is C/C=C/COc1cc(C)c(N)cc1F. The van der Waals surface area contributed by atoms with Crippen LogP contribution in [-0.4, -0.2) is 6.61 Å². The molecule has 0 aliphatic heterocycles. The maximum Gasteiger partial charge on any atom is 0.167 e. The second kappa shape index (κ2) is 4.65. The maximum absolute atomic E-state index is 13.2. The number of benzene rings is 1. The van der Waals surface area contributed by atoms with Gasteiger partial charge in [-0.15, -0.1) is 0 Å². The number of nitrogens with two attached hydrogens (primary N) is 1. The van der Waals surface area contributed by atoms with Gasteiger partial charge in [0.05, 0.1) is 0 Å². The molecule has 0 spiro atoms. The molecule has 0 saturated heterocycles. The van der Waals surface area contributed by atoms with E-state index in [9.17, 15) is 4.39 Å². The minimum absolute atomic E-state index is 0.245. The first-order chi connectivity index (χ1) is 6.65. The Kier molecular flexibility index (Phi) is 3.51. The summed E-state index contributed by atoms with van der Waals surface area (Å²) >= 11 is 0. The Morgan fingerprint density at radius 2 is 2.21 bits per heavy atom. The predicted octanol–water partition coefficient (Wildman–Crippen LogP) is 2.67. The summed E-state index contributed by atoms with van der Waals surface area (Å²) in [7, 11) is 0. The summed E-state index contributed by atoms with van der Waals surface area (Å²) in [5.74, 6) is -0.174. The third kappa shape index (κ3) is 2.49. The first-order valence-electron chi connectivity index (χ1n) is 4.44. The number of hydrogen-bond acceptors (Lipinski definition) is 2. The minimum atomic E-state index is -0.419. The second-order valence-corrected chi connectivity index (χ2v) is 3.02. The zero-order valence-electron chi connectivity index (χ0n) is 8.38. The Morgan fingerprint density at radius 3 is 2.86 bits per heavy atom. The van der Waals surface area contributed by atoms with Crippen LogP contribution in [0.15, 0.2) is 24.3 Å². The van der Waals surface area contributed by atoms with Crippen molar-refractivity contribution in [1.29, 1.82) is 0 Å². The van der Waals surface area contributed by atoms with Crippen molar-refractivity contribution >= 4 is 5.69 Å². The van der Waals surface area contributed by atoms with Gasteiger partial charge in [-0.3, -0.25) is 0 Å². The summed E-state index contributed by atoms with van der Waals surface area (Å²) in [6.45, 7) is 4.07. The van der Waals surface area contributed by atoms with Crippen molar-refractivity contribution in [3.05, 3.63) is 35.7 Å². The molecule has 0 aliphatic carbocycles. The highest BCUT2D eigenvalue weighted by Gasteiger charge is 2.05. The van der Waals surface area contributed by atoms with Crippen molar-refractivity contribution in [3.8, 4) is 5.75 Å². The molecule has 76 valence electrons. The summed E-state index contributed by atoms with van der Waals surface area (Å²) in [4.78, 5) is 0. The van der Waals surface area contributed by atoms with Crippen molar-refractivity contribution in [3.63, 3.8) is 0 Å². The molecule has 0 fully saturated rings. The van der Waals surface area contributed by atoms with E-state index < -0.39 is 5.82 Å². The van der Waals surface area contributed by atoms with Crippen molar-refractivity contribution in [1.82, 2.24) is 0 Å². The lowest BCUT2D eigenvalue weighted by Crippen LogP contribution is -1.98. The zero-order chi connectivity index (χ0) is 10.6. The lowest BCUT2D eigenvalue weighted by Gasteiger charge is -2.07. The lowest BCUT2D eigenvalue weighted by atomic mass is 10.2. The van der Waals surface area contributed by atoms with Crippen LogP contribution < -0.4 is 10.5 Å². The smallest absolute Gasteiger partial charge is 0.167 e. The molecule has 0 atom stereocenters. The van der Waals surface area contributed by atoms with E-state index in [-0.39, 0.29) is 5.75 Å². The van der Waals surface area contributed by atoms with Gasteiger partial charge in [-0.25, -0.2) is 4.39 Å². The summed E-state index contributed by atoms with van der Waals surface area (Å²) in [5, 5.41) is 0. The summed E-state index contributed by atoms with van der Waals surface area (Å²) in [5.41, 5.74) is 6.80. The molecule has 0 radical (unpaired) electrons. The van der Waals surface area contributed by atoms with Gasteiger partial charge in [-0.05, 0) is 25.5 Å². The van der Waals surface area contributed by atoms with Crippen LogP contribution >= 0.6 is 0 Å². The Labute approximate surface area is 83.2 Å². The van der Waals surface area contributed by atoms with Gasteiger partial charge in [0.25, 0.3) is 0 Å². The van der Waals surface area contributed by atoms with Gasteiger partial charge in [-0.2, -0.15) is 0 Å². The molecule has 0 saturated carbocycles. The van der Waals surface area contributed by atoms with Crippen LogP contribution in [0.5, 0.6) is 5.75 Å². The van der Waals surface area contributed by atoms with Crippen LogP contribution in [0.2, 0.25) is 0 Å². The second-order valence-electron chi connectivity index (χ2n) is 3.02. The van der Waals surface area contributed by atoms with Crippen LogP contribution in [0.25, 0.3) is 0 Å². The molecule has 0 bridgehead atoms. The van der Waals surface area contributed by atoms with E-state index in [2.05, 4.69) is 0 Å². The molecular formula is C11H14FNO. The number of nitrogen functional groups attached to an aromatic ring is 1. The average molecular weight is 195 g/mol. The maximum atomic E-state index is 13.2. The summed E-state index contributed by atoms with van der Waals surface area (Å²) < 4.78 is 18.4. The van der Waals surface area contributed by atoms with Crippen molar-refractivity contribution in [2.45, 2.75) is 13.8 Å².